The molecular weight excluding hydrogens is 290 g/mol. The van der Waals surface area contributed by atoms with E-state index in [4.69, 9.17) is 4.74 Å². The average molecular weight is 321 g/mol. The number of hydrogen-bond donors (Lipinski definition) is 1. The van der Waals surface area contributed by atoms with Crippen LogP contribution in [0.1, 0.15) is 42.5 Å². The van der Waals surface area contributed by atoms with E-state index in [0.717, 1.165) is 56.3 Å². The summed E-state index contributed by atoms with van der Waals surface area (Å²) in [7, 11) is 0. The van der Waals surface area contributed by atoms with Crippen LogP contribution in [-0.4, -0.2) is 61.2 Å². The Morgan fingerprint density at radius 2 is 1.91 bits per heavy atom. The lowest BCUT2D eigenvalue weighted by Crippen LogP contribution is -2.41. The fourth-order valence-electron chi connectivity index (χ4n) is 3.44. The van der Waals surface area contributed by atoms with Gasteiger partial charge in [-0.15, -0.1) is 0 Å². The van der Waals surface area contributed by atoms with Gasteiger partial charge in [-0.2, -0.15) is 0 Å². The zero-order valence-electron chi connectivity index (χ0n) is 15.2. The van der Waals surface area contributed by atoms with E-state index in [1.54, 1.807) is 0 Å². The van der Waals surface area contributed by atoms with E-state index < -0.39 is 0 Å². The molecule has 0 radical (unpaired) electrons. The van der Waals surface area contributed by atoms with Crippen LogP contribution in [0, 0.1) is 13.8 Å². The predicted molar refractivity (Wildman–Crippen MR) is 93.4 cm³/mol. The molecule has 0 amide bonds. The Kier molecular flexibility index (Phi) is 6.00. The van der Waals surface area contributed by atoms with Crippen molar-refractivity contribution >= 4 is 5.78 Å². The monoisotopic (exact) mass is 321 g/mol. The number of ketones is 1. The van der Waals surface area contributed by atoms with Gasteiger partial charge in [-0.1, -0.05) is 0 Å². The van der Waals surface area contributed by atoms with Crippen LogP contribution in [0.4, 0.5) is 0 Å². The molecule has 2 heterocycles. The highest BCUT2D eigenvalue weighted by Gasteiger charge is 2.22. The molecule has 5 heteroatoms. The fraction of sp³-hybridized carbons (Fsp3) is 0.722. The normalized spacial score (nSPS) is 16.7. The highest BCUT2D eigenvalue weighted by molar-refractivity contribution is 5.99. The van der Waals surface area contributed by atoms with E-state index in [9.17, 15) is 4.79 Å². The van der Waals surface area contributed by atoms with Crippen LogP contribution in [0.3, 0.4) is 0 Å². The van der Waals surface area contributed by atoms with Gasteiger partial charge in [0.15, 0.2) is 5.78 Å². The summed E-state index contributed by atoms with van der Waals surface area (Å²) in [5, 5.41) is 3.28. The highest BCUT2D eigenvalue weighted by Crippen LogP contribution is 2.24. The number of carbonyl (C=O) groups excluding carboxylic acids is 1. The maximum Gasteiger partial charge on any atom is 0.178 e. The van der Waals surface area contributed by atoms with Crippen molar-refractivity contribution < 1.29 is 9.53 Å². The number of ether oxygens (including phenoxy) is 1. The van der Waals surface area contributed by atoms with Crippen LogP contribution >= 0.6 is 0 Å². The Labute approximate surface area is 140 Å². The van der Waals surface area contributed by atoms with E-state index in [-0.39, 0.29) is 11.3 Å². The van der Waals surface area contributed by atoms with Gasteiger partial charge in [0.05, 0.1) is 19.8 Å². The highest BCUT2D eigenvalue weighted by atomic mass is 16.5. The van der Waals surface area contributed by atoms with Gasteiger partial charge in [-0.3, -0.25) is 9.69 Å². The second-order valence-corrected chi connectivity index (χ2v) is 7.35. The first-order valence-corrected chi connectivity index (χ1v) is 8.54. The Hall–Kier alpha value is -1.17. The summed E-state index contributed by atoms with van der Waals surface area (Å²) in [6, 6.07) is 2.02. The molecule has 1 N–H and O–H groups in total. The molecule has 23 heavy (non-hydrogen) atoms. The number of aryl methyl sites for hydroxylation is 1. The van der Waals surface area contributed by atoms with Crippen molar-refractivity contribution in [1.29, 1.82) is 0 Å². The second-order valence-electron chi connectivity index (χ2n) is 7.35. The molecular formula is C18H31N3O2. The summed E-state index contributed by atoms with van der Waals surface area (Å²) in [5.74, 6) is 0.176. The Balaban J connectivity index is 1.86. The van der Waals surface area contributed by atoms with Crippen molar-refractivity contribution in [3.63, 3.8) is 0 Å². The number of Topliss-reactive ketones (excluding diaryl/α,β-unsaturated/α-hetero) is 1. The van der Waals surface area contributed by atoms with Crippen molar-refractivity contribution in [2.45, 2.75) is 40.2 Å². The minimum Gasteiger partial charge on any atom is -0.379 e. The number of rotatable bonds is 6. The maximum atomic E-state index is 12.5. The lowest BCUT2D eigenvalue weighted by molar-refractivity contribution is 0.0384. The first-order valence-electron chi connectivity index (χ1n) is 8.54. The third-order valence-electron chi connectivity index (χ3n) is 4.40. The SMILES string of the molecule is Cc1cc(C(=O)CNCCN2CCOCC2)c(C)n1C(C)(C)C. The minimum absolute atomic E-state index is 0.00351. The zero-order valence-corrected chi connectivity index (χ0v) is 15.2. The molecule has 0 unspecified atom stereocenters. The number of carbonyl (C=O) groups is 1. The molecule has 0 aromatic carbocycles. The van der Waals surface area contributed by atoms with Gasteiger partial charge < -0.3 is 14.6 Å². The fourth-order valence-corrected chi connectivity index (χ4v) is 3.44. The molecule has 0 atom stereocenters. The van der Waals surface area contributed by atoms with Gasteiger partial charge in [0.25, 0.3) is 0 Å². The van der Waals surface area contributed by atoms with Crippen molar-refractivity contribution in [2.75, 3.05) is 45.9 Å². The van der Waals surface area contributed by atoms with Gasteiger partial charge in [0, 0.05) is 48.7 Å². The third-order valence-corrected chi connectivity index (χ3v) is 4.40. The molecule has 0 bridgehead atoms. The number of nitrogens with zero attached hydrogens (tertiary/aromatic N) is 2. The van der Waals surface area contributed by atoms with Crippen LogP contribution in [0.2, 0.25) is 0 Å². The van der Waals surface area contributed by atoms with Gasteiger partial charge >= 0.3 is 0 Å². The van der Waals surface area contributed by atoms with E-state index in [0.29, 0.717) is 6.54 Å². The van der Waals surface area contributed by atoms with E-state index >= 15 is 0 Å². The molecule has 1 aromatic rings. The van der Waals surface area contributed by atoms with E-state index in [1.165, 1.54) is 0 Å². The molecule has 2 rings (SSSR count). The number of hydrogen-bond acceptors (Lipinski definition) is 4. The topological polar surface area (TPSA) is 46.5 Å². The summed E-state index contributed by atoms with van der Waals surface area (Å²) in [5.41, 5.74) is 3.05. The molecule has 1 fully saturated rings. The first-order chi connectivity index (χ1) is 10.8. The molecule has 0 spiro atoms. The Morgan fingerprint density at radius 1 is 1.26 bits per heavy atom. The number of nitrogens with one attached hydrogen (secondary N) is 1. The van der Waals surface area contributed by atoms with Crippen LogP contribution in [0.15, 0.2) is 6.07 Å². The van der Waals surface area contributed by atoms with Gasteiger partial charge in [0.2, 0.25) is 0 Å². The summed E-state index contributed by atoms with van der Waals surface area (Å²) < 4.78 is 7.58. The van der Waals surface area contributed by atoms with E-state index in [2.05, 4.69) is 42.5 Å². The second kappa shape index (κ2) is 7.60. The molecule has 0 saturated carbocycles. The first kappa shape index (κ1) is 18.2. The molecule has 5 nitrogen and oxygen atoms in total. The Morgan fingerprint density at radius 3 is 2.48 bits per heavy atom. The molecule has 0 aliphatic carbocycles. The van der Waals surface area contributed by atoms with Crippen LogP contribution in [0.25, 0.3) is 0 Å². The van der Waals surface area contributed by atoms with Crippen LogP contribution in [0.5, 0.6) is 0 Å². The van der Waals surface area contributed by atoms with Crippen molar-refractivity contribution in [1.82, 2.24) is 14.8 Å². The molecule has 1 saturated heterocycles. The molecule has 1 aliphatic heterocycles. The number of morpholine rings is 1. The van der Waals surface area contributed by atoms with Gasteiger partial charge in [0.1, 0.15) is 0 Å². The maximum absolute atomic E-state index is 12.5. The zero-order chi connectivity index (χ0) is 17.0. The summed E-state index contributed by atoms with van der Waals surface area (Å²) in [6.07, 6.45) is 0. The smallest absolute Gasteiger partial charge is 0.178 e. The van der Waals surface area contributed by atoms with Crippen molar-refractivity contribution in [2.24, 2.45) is 0 Å². The van der Waals surface area contributed by atoms with Gasteiger partial charge in [-0.05, 0) is 40.7 Å². The molecule has 1 aromatic heterocycles. The summed E-state index contributed by atoms with van der Waals surface area (Å²) in [6.45, 7) is 16.4. The van der Waals surface area contributed by atoms with Crippen LogP contribution in [-0.2, 0) is 10.3 Å². The van der Waals surface area contributed by atoms with Crippen LogP contribution < -0.4 is 5.32 Å². The van der Waals surface area contributed by atoms with E-state index in [1.807, 2.05) is 13.0 Å². The molecule has 130 valence electrons. The molecule has 1 aliphatic rings. The Bertz CT molecular complexity index is 537. The largest absolute Gasteiger partial charge is 0.379 e. The average Bonchev–Trinajstić information content (AvgIpc) is 2.79. The standard InChI is InChI=1S/C18H31N3O2/c1-14-12-16(15(2)21(14)18(3,4)5)17(22)13-19-6-7-20-8-10-23-11-9-20/h12,19H,6-11,13H2,1-5H3. The summed E-state index contributed by atoms with van der Waals surface area (Å²) >= 11 is 0. The lowest BCUT2D eigenvalue weighted by atomic mass is 10.1. The summed E-state index contributed by atoms with van der Waals surface area (Å²) in [4.78, 5) is 14.9. The third kappa shape index (κ3) is 4.66. The van der Waals surface area contributed by atoms with Crippen molar-refractivity contribution in [3.05, 3.63) is 23.0 Å². The van der Waals surface area contributed by atoms with Gasteiger partial charge in [-0.25, -0.2) is 0 Å². The van der Waals surface area contributed by atoms with Crippen molar-refractivity contribution in [3.8, 4) is 0 Å². The quantitative estimate of drug-likeness (QED) is 0.643. The lowest BCUT2D eigenvalue weighted by Gasteiger charge is -2.26. The minimum atomic E-state index is -0.00351. The number of aromatic nitrogens is 1. The predicted octanol–water partition coefficient (Wildman–Crippen LogP) is 1.96.